The van der Waals surface area contributed by atoms with Gasteiger partial charge in [0.25, 0.3) is 0 Å². The molecule has 0 unspecified atom stereocenters. The molecule has 0 atom stereocenters. The molecule has 0 saturated heterocycles. The largest absolute Gasteiger partial charge is 0.499 e. The number of aromatic hydroxyl groups is 1. The minimum absolute atomic E-state index is 0.309. The summed E-state index contributed by atoms with van der Waals surface area (Å²) in [6, 6.07) is 3.45. The maximum absolute atomic E-state index is 10.3. The lowest BCUT2D eigenvalue weighted by Crippen LogP contribution is -1.62. The number of fused-ring (bicyclic) bond motifs is 1. The van der Waals surface area contributed by atoms with Crippen LogP contribution in [0.15, 0.2) is 12.1 Å². The van der Waals surface area contributed by atoms with Crippen molar-refractivity contribution in [2.24, 2.45) is 0 Å². The monoisotopic (exact) mass is 184 g/mol. The molecule has 0 spiro atoms. The van der Waals surface area contributed by atoms with E-state index in [1.54, 1.807) is 12.1 Å². The van der Waals surface area contributed by atoms with Gasteiger partial charge in [0, 0.05) is 11.5 Å². The zero-order valence-corrected chi connectivity index (χ0v) is 7.04. The molecule has 2 heterocycles. The average Bonchev–Trinajstić information content (AvgIpc) is 2.43. The highest BCUT2D eigenvalue weighted by Crippen LogP contribution is 2.36. The first-order valence-electron chi connectivity index (χ1n) is 2.97. The van der Waals surface area contributed by atoms with Gasteiger partial charge < -0.3 is 5.11 Å². The van der Waals surface area contributed by atoms with Crippen LogP contribution >= 0.6 is 22.7 Å². The Morgan fingerprint density at radius 2 is 2.18 bits per heavy atom. The van der Waals surface area contributed by atoms with Gasteiger partial charge in [0.2, 0.25) is 0 Å². The number of hydrogen-bond acceptors (Lipinski definition) is 4. The number of carbonyl (C=O) groups excluding carboxylic acids is 1. The highest BCUT2D eigenvalue weighted by molar-refractivity contribution is 7.39. The molecular weight excluding hydrogens is 180 g/mol. The van der Waals surface area contributed by atoms with Gasteiger partial charge >= 0.3 is 0 Å². The van der Waals surface area contributed by atoms with Crippen LogP contribution in [0, 0.1) is 0 Å². The van der Waals surface area contributed by atoms with Crippen LogP contribution in [0.2, 0.25) is 0 Å². The van der Waals surface area contributed by atoms with Crippen LogP contribution in [0.1, 0.15) is 9.67 Å². The van der Waals surface area contributed by atoms with Gasteiger partial charge in [-0.05, 0) is 6.07 Å². The first kappa shape index (κ1) is 6.82. The highest BCUT2D eigenvalue weighted by Gasteiger charge is 2.04. The molecule has 0 aliphatic rings. The fraction of sp³-hybridized carbons (Fsp3) is 0. The molecule has 0 saturated carbocycles. The quantitative estimate of drug-likeness (QED) is 0.691. The molecule has 0 aromatic carbocycles. The normalized spacial score (nSPS) is 10.5. The Bertz CT molecular complexity index is 368. The second-order valence-electron chi connectivity index (χ2n) is 2.09. The van der Waals surface area contributed by atoms with E-state index in [2.05, 4.69) is 0 Å². The van der Waals surface area contributed by atoms with Crippen molar-refractivity contribution < 1.29 is 9.90 Å². The van der Waals surface area contributed by atoms with Crippen molar-refractivity contribution >= 4 is 38.4 Å². The van der Waals surface area contributed by atoms with Crippen LogP contribution < -0.4 is 0 Å². The molecule has 56 valence electrons. The Labute approximate surface area is 70.7 Å². The summed E-state index contributed by atoms with van der Waals surface area (Å²) in [6.45, 7) is 0. The minimum atomic E-state index is 0.309. The Morgan fingerprint density at radius 1 is 1.36 bits per heavy atom. The molecule has 0 bridgehead atoms. The van der Waals surface area contributed by atoms with Crippen molar-refractivity contribution in [3.05, 3.63) is 17.0 Å². The standard InChI is InChI=1S/C7H4O2S2/c8-3-5-1-4-2-6(9)11-7(4)10-5/h1-3,9H. The molecule has 1 N–H and O–H groups in total. The molecule has 0 radical (unpaired) electrons. The van der Waals surface area contributed by atoms with Gasteiger partial charge in [0.15, 0.2) is 11.3 Å². The van der Waals surface area contributed by atoms with Crippen LogP contribution in [-0.2, 0) is 0 Å². The fourth-order valence-electron chi connectivity index (χ4n) is 0.904. The summed E-state index contributed by atoms with van der Waals surface area (Å²) in [5.41, 5.74) is 0. The van der Waals surface area contributed by atoms with Crippen LogP contribution in [0.4, 0.5) is 0 Å². The zero-order valence-electron chi connectivity index (χ0n) is 5.40. The number of aldehydes is 1. The Balaban J connectivity index is 2.72. The van der Waals surface area contributed by atoms with E-state index < -0.39 is 0 Å². The molecule has 4 heteroatoms. The van der Waals surface area contributed by atoms with Gasteiger partial charge in [-0.1, -0.05) is 11.3 Å². The second-order valence-corrected chi connectivity index (χ2v) is 4.47. The summed E-state index contributed by atoms with van der Waals surface area (Å²) < 4.78 is 1.00. The maximum Gasteiger partial charge on any atom is 0.173 e. The average molecular weight is 184 g/mol. The van der Waals surface area contributed by atoms with E-state index in [1.165, 1.54) is 22.7 Å². The lowest BCUT2D eigenvalue weighted by Gasteiger charge is -1.74. The third kappa shape index (κ3) is 1.04. The first-order chi connectivity index (χ1) is 5.29. The highest BCUT2D eigenvalue weighted by atomic mass is 32.2. The van der Waals surface area contributed by atoms with Crippen LogP contribution in [-0.4, -0.2) is 11.4 Å². The van der Waals surface area contributed by atoms with Gasteiger partial charge in [-0.15, -0.1) is 11.3 Å². The molecule has 2 nitrogen and oxygen atoms in total. The minimum Gasteiger partial charge on any atom is -0.499 e. The summed E-state index contributed by atoms with van der Waals surface area (Å²) >= 11 is 2.71. The van der Waals surface area contributed by atoms with Gasteiger partial charge in [-0.3, -0.25) is 4.79 Å². The van der Waals surface area contributed by atoms with E-state index in [-0.39, 0.29) is 0 Å². The van der Waals surface area contributed by atoms with Gasteiger partial charge in [-0.2, -0.15) is 0 Å². The van der Waals surface area contributed by atoms with E-state index in [4.69, 9.17) is 5.11 Å². The summed E-state index contributed by atoms with van der Waals surface area (Å²) in [6.07, 6.45) is 0.828. The van der Waals surface area contributed by atoms with E-state index >= 15 is 0 Å². The molecule has 0 fully saturated rings. The third-order valence-electron chi connectivity index (χ3n) is 1.34. The van der Waals surface area contributed by atoms with Crippen molar-refractivity contribution in [1.29, 1.82) is 0 Å². The van der Waals surface area contributed by atoms with Gasteiger partial charge in [-0.25, -0.2) is 0 Å². The molecule has 0 amide bonds. The van der Waals surface area contributed by atoms with Crippen molar-refractivity contribution in [3.8, 4) is 5.06 Å². The van der Waals surface area contributed by atoms with E-state index in [1.807, 2.05) is 0 Å². The molecule has 2 aromatic rings. The third-order valence-corrected chi connectivity index (χ3v) is 3.46. The fourth-order valence-corrected chi connectivity index (χ4v) is 2.91. The molecule has 11 heavy (non-hydrogen) atoms. The Morgan fingerprint density at radius 3 is 2.82 bits per heavy atom. The molecule has 2 rings (SSSR count). The topological polar surface area (TPSA) is 37.3 Å². The zero-order chi connectivity index (χ0) is 7.84. The van der Waals surface area contributed by atoms with Crippen LogP contribution in [0.3, 0.4) is 0 Å². The second kappa shape index (κ2) is 2.32. The van der Waals surface area contributed by atoms with Crippen molar-refractivity contribution in [3.63, 3.8) is 0 Å². The summed E-state index contributed by atoms with van der Waals surface area (Å²) in [7, 11) is 0. The number of rotatable bonds is 1. The predicted octanol–water partition coefficient (Wildman–Crippen LogP) is 2.48. The maximum atomic E-state index is 10.3. The van der Waals surface area contributed by atoms with E-state index in [9.17, 15) is 4.79 Å². The number of hydrogen-bond donors (Lipinski definition) is 1. The van der Waals surface area contributed by atoms with Crippen molar-refractivity contribution in [2.45, 2.75) is 0 Å². The summed E-state index contributed by atoms with van der Waals surface area (Å²) in [5, 5.41) is 10.3. The first-order valence-corrected chi connectivity index (χ1v) is 4.60. The van der Waals surface area contributed by atoms with Gasteiger partial charge in [0.1, 0.15) is 0 Å². The van der Waals surface area contributed by atoms with Crippen molar-refractivity contribution in [1.82, 2.24) is 0 Å². The lowest BCUT2D eigenvalue weighted by molar-refractivity contribution is 0.112. The molecular formula is C7H4O2S2. The van der Waals surface area contributed by atoms with Gasteiger partial charge in [0.05, 0.1) is 8.89 Å². The van der Waals surface area contributed by atoms with Crippen LogP contribution in [0.5, 0.6) is 5.06 Å². The Kier molecular flexibility index (Phi) is 1.44. The molecule has 0 aliphatic carbocycles. The summed E-state index contributed by atoms with van der Waals surface area (Å²) in [5.74, 6) is 0. The predicted molar refractivity (Wildman–Crippen MR) is 46.8 cm³/mol. The van der Waals surface area contributed by atoms with Crippen LogP contribution in [0.25, 0.3) is 9.40 Å². The van der Waals surface area contributed by atoms with Crippen molar-refractivity contribution in [2.75, 3.05) is 0 Å². The number of thiophene rings is 2. The smallest absolute Gasteiger partial charge is 0.173 e. The summed E-state index contributed by atoms with van der Waals surface area (Å²) in [4.78, 5) is 11.0. The SMILES string of the molecule is O=Cc1cc2cc(O)sc2s1. The van der Waals surface area contributed by atoms with E-state index in [0.29, 0.717) is 9.94 Å². The molecule has 2 aromatic heterocycles. The Hall–Kier alpha value is -0.870. The lowest BCUT2D eigenvalue weighted by atomic mass is 10.4. The molecule has 0 aliphatic heterocycles. The van der Waals surface area contributed by atoms with E-state index in [0.717, 1.165) is 15.7 Å². The number of carbonyl (C=O) groups is 1.